The molecule has 136 valence electrons. The lowest BCUT2D eigenvalue weighted by atomic mass is 10.1. The maximum absolute atomic E-state index is 13.8. The van der Waals surface area contributed by atoms with Crippen LogP contribution in [0.2, 0.25) is 0 Å². The Balaban J connectivity index is 2.23. The van der Waals surface area contributed by atoms with Crippen LogP contribution >= 0.6 is 0 Å². The number of alkyl halides is 3. The van der Waals surface area contributed by atoms with Crippen molar-refractivity contribution in [2.75, 3.05) is 7.05 Å². The molecular weight excluding hydrogens is 348 g/mol. The molecule has 0 saturated heterocycles. The number of benzene rings is 2. The van der Waals surface area contributed by atoms with Crippen molar-refractivity contribution in [3.8, 4) is 11.8 Å². The molecule has 7 heteroatoms. The van der Waals surface area contributed by atoms with Gasteiger partial charge in [0.15, 0.2) is 0 Å². The Bertz CT molecular complexity index is 867. The number of nitriles is 1. The zero-order valence-electron chi connectivity index (χ0n) is 14.1. The van der Waals surface area contributed by atoms with Gasteiger partial charge in [-0.05, 0) is 48.4 Å². The number of rotatable bonds is 5. The quantitative estimate of drug-likeness (QED) is 0.606. The predicted molar refractivity (Wildman–Crippen MR) is 89.4 cm³/mol. The van der Waals surface area contributed by atoms with Crippen LogP contribution in [0, 0.1) is 17.1 Å². The minimum Gasteiger partial charge on any atom is -0.489 e. The van der Waals surface area contributed by atoms with Crippen LogP contribution in [0.25, 0.3) is 5.57 Å². The molecule has 0 aliphatic rings. The van der Waals surface area contributed by atoms with Crippen LogP contribution in [0.15, 0.2) is 48.2 Å². The molecule has 0 fully saturated rings. The van der Waals surface area contributed by atoms with Gasteiger partial charge in [-0.2, -0.15) is 18.4 Å². The summed E-state index contributed by atoms with van der Waals surface area (Å²) >= 11 is 0. The molecule has 0 atom stereocenters. The van der Waals surface area contributed by atoms with Crippen LogP contribution in [0.3, 0.4) is 0 Å². The fraction of sp³-hybridized carbons (Fsp3) is 0.211. The third-order valence-electron chi connectivity index (χ3n) is 3.77. The van der Waals surface area contributed by atoms with E-state index in [9.17, 15) is 17.6 Å². The van der Waals surface area contributed by atoms with Gasteiger partial charge in [0.2, 0.25) is 0 Å². The SMILES string of the molecule is CN/C(C#N)=C(\C)c1cccc(OCc2cc(C(F)(F)F)ccc2F)c1. The lowest BCUT2D eigenvalue weighted by Crippen LogP contribution is -2.08. The normalized spacial score (nSPS) is 12.2. The Morgan fingerprint density at radius 2 is 1.92 bits per heavy atom. The summed E-state index contributed by atoms with van der Waals surface area (Å²) in [6, 6.07) is 10.9. The highest BCUT2D eigenvalue weighted by Crippen LogP contribution is 2.31. The van der Waals surface area contributed by atoms with Gasteiger partial charge >= 0.3 is 6.18 Å². The Labute approximate surface area is 148 Å². The molecule has 0 aliphatic carbocycles. The topological polar surface area (TPSA) is 45.0 Å². The standard InChI is InChI=1S/C19H16F4N2O/c1-12(18(10-24)25-2)13-4-3-5-16(9-13)26-11-14-8-15(19(21,22)23)6-7-17(14)20/h3-9,25H,11H2,1-2H3/b18-12+. The van der Waals surface area contributed by atoms with E-state index in [1.807, 2.05) is 6.07 Å². The first-order valence-corrected chi connectivity index (χ1v) is 7.64. The molecule has 0 aliphatic heterocycles. The molecule has 0 unspecified atom stereocenters. The second-order valence-electron chi connectivity index (χ2n) is 5.48. The number of hydrogen-bond acceptors (Lipinski definition) is 3. The fourth-order valence-electron chi connectivity index (χ4n) is 2.31. The summed E-state index contributed by atoms with van der Waals surface area (Å²) in [5, 5.41) is 11.8. The van der Waals surface area contributed by atoms with Gasteiger partial charge in [0, 0.05) is 12.6 Å². The molecule has 0 heterocycles. The molecule has 2 aromatic rings. The van der Waals surface area contributed by atoms with Crippen molar-refractivity contribution in [3.63, 3.8) is 0 Å². The molecule has 0 aromatic heterocycles. The summed E-state index contributed by atoms with van der Waals surface area (Å²) in [7, 11) is 1.62. The second-order valence-corrected chi connectivity index (χ2v) is 5.48. The predicted octanol–water partition coefficient (Wildman–Crippen LogP) is 4.90. The lowest BCUT2D eigenvalue weighted by Gasteiger charge is -2.12. The van der Waals surface area contributed by atoms with Crippen molar-refractivity contribution >= 4 is 5.57 Å². The first-order valence-electron chi connectivity index (χ1n) is 7.64. The van der Waals surface area contributed by atoms with Crippen LogP contribution in [0.5, 0.6) is 5.75 Å². The van der Waals surface area contributed by atoms with Crippen LogP contribution in [-0.2, 0) is 12.8 Å². The van der Waals surface area contributed by atoms with Crippen LogP contribution in [0.4, 0.5) is 17.6 Å². The van der Waals surface area contributed by atoms with Crippen molar-refractivity contribution in [3.05, 3.63) is 70.7 Å². The number of allylic oxidation sites excluding steroid dienone is 2. The van der Waals surface area contributed by atoms with Crippen LogP contribution in [0.1, 0.15) is 23.6 Å². The number of ether oxygens (including phenoxy) is 1. The first kappa shape index (κ1) is 19.3. The first-order chi connectivity index (χ1) is 12.3. The van der Waals surface area contributed by atoms with Gasteiger partial charge in [-0.1, -0.05) is 12.1 Å². The van der Waals surface area contributed by atoms with E-state index in [0.29, 0.717) is 28.6 Å². The van der Waals surface area contributed by atoms with Gasteiger partial charge in [-0.25, -0.2) is 4.39 Å². The van der Waals surface area contributed by atoms with E-state index in [0.717, 1.165) is 12.1 Å². The lowest BCUT2D eigenvalue weighted by molar-refractivity contribution is -0.137. The molecule has 1 N–H and O–H groups in total. The summed E-state index contributed by atoms with van der Waals surface area (Å²) in [6.45, 7) is 1.40. The zero-order chi connectivity index (χ0) is 19.3. The third-order valence-corrected chi connectivity index (χ3v) is 3.77. The van der Waals surface area contributed by atoms with Gasteiger partial charge < -0.3 is 10.1 Å². The van der Waals surface area contributed by atoms with Crippen LogP contribution < -0.4 is 10.1 Å². The molecule has 2 aromatic carbocycles. The van der Waals surface area contributed by atoms with Gasteiger partial charge in [-0.15, -0.1) is 0 Å². The summed E-state index contributed by atoms with van der Waals surface area (Å²) in [6.07, 6.45) is -4.55. The maximum atomic E-state index is 13.8. The van der Waals surface area contributed by atoms with Crippen molar-refractivity contribution in [2.24, 2.45) is 0 Å². The molecule has 0 spiro atoms. The summed E-state index contributed by atoms with van der Waals surface area (Å²) in [4.78, 5) is 0. The van der Waals surface area contributed by atoms with Gasteiger partial charge in [0.1, 0.15) is 29.9 Å². The Hall–Kier alpha value is -3.01. The fourth-order valence-corrected chi connectivity index (χ4v) is 2.31. The average Bonchev–Trinajstić information content (AvgIpc) is 2.61. The van der Waals surface area contributed by atoms with E-state index < -0.39 is 17.6 Å². The maximum Gasteiger partial charge on any atom is 0.416 e. The summed E-state index contributed by atoms with van der Waals surface area (Å²) in [5.74, 6) is -0.417. The molecule has 0 radical (unpaired) electrons. The third kappa shape index (κ3) is 4.54. The van der Waals surface area contributed by atoms with Gasteiger partial charge in [-0.3, -0.25) is 0 Å². The van der Waals surface area contributed by atoms with E-state index in [1.165, 1.54) is 0 Å². The molecule has 3 nitrogen and oxygen atoms in total. The average molecular weight is 364 g/mol. The Morgan fingerprint density at radius 3 is 2.54 bits per heavy atom. The second kappa shape index (κ2) is 7.91. The molecule has 0 amide bonds. The molecule has 0 bridgehead atoms. The number of nitrogens with zero attached hydrogens (tertiary/aromatic N) is 1. The van der Waals surface area contributed by atoms with E-state index in [4.69, 9.17) is 10.00 Å². The highest BCUT2D eigenvalue weighted by Gasteiger charge is 2.31. The number of hydrogen-bond donors (Lipinski definition) is 1. The van der Waals surface area contributed by atoms with E-state index in [2.05, 4.69) is 5.32 Å². The summed E-state index contributed by atoms with van der Waals surface area (Å²) < 4.78 is 57.5. The van der Waals surface area contributed by atoms with Crippen molar-refractivity contribution < 1.29 is 22.3 Å². The molecular formula is C19H16F4N2O. The monoisotopic (exact) mass is 364 g/mol. The van der Waals surface area contributed by atoms with E-state index in [-0.39, 0.29) is 12.2 Å². The minimum absolute atomic E-state index is 0.189. The van der Waals surface area contributed by atoms with Crippen molar-refractivity contribution in [1.82, 2.24) is 5.32 Å². The van der Waals surface area contributed by atoms with Gasteiger partial charge in [0.05, 0.1) is 5.56 Å². The number of nitrogens with one attached hydrogen (secondary N) is 1. The highest BCUT2D eigenvalue weighted by atomic mass is 19.4. The number of halogens is 4. The smallest absolute Gasteiger partial charge is 0.416 e. The highest BCUT2D eigenvalue weighted by molar-refractivity contribution is 5.70. The molecule has 0 saturated carbocycles. The molecule has 26 heavy (non-hydrogen) atoms. The van der Waals surface area contributed by atoms with E-state index in [1.54, 1.807) is 38.2 Å². The van der Waals surface area contributed by atoms with Crippen LogP contribution in [-0.4, -0.2) is 7.05 Å². The summed E-state index contributed by atoms with van der Waals surface area (Å²) in [5.41, 5.74) is 0.651. The van der Waals surface area contributed by atoms with Gasteiger partial charge in [0.25, 0.3) is 0 Å². The largest absolute Gasteiger partial charge is 0.489 e. The Kier molecular flexibility index (Phi) is 5.88. The van der Waals surface area contributed by atoms with E-state index >= 15 is 0 Å². The minimum atomic E-state index is -4.55. The Morgan fingerprint density at radius 1 is 1.19 bits per heavy atom. The van der Waals surface area contributed by atoms with Crippen molar-refractivity contribution in [2.45, 2.75) is 19.7 Å². The molecule has 2 rings (SSSR count). The van der Waals surface area contributed by atoms with Crippen molar-refractivity contribution in [1.29, 1.82) is 5.26 Å². The zero-order valence-corrected chi connectivity index (χ0v) is 14.1.